The molecule has 0 bridgehead atoms. The average Bonchev–Trinajstić information content (AvgIpc) is 2.99. The van der Waals surface area contributed by atoms with Crippen LogP contribution in [0.4, 0.5) is 0 Å². The van der Waals surface area contributed by atoms with Crippen molar-refractivity contribution in [2.75, 3.05) is 13.2 Å². The molecule has 0 aliphatic carbocycles. The predicted octanol–water partition coefficient (Wildman–Crippen LogP) is 3.07. The molecule has 0 unspecified atom stereocenters. The summed E-state index contributed by atoms with van der Waals surface area (Å²) in [7, 11) is 0. The SMILES string of the molecule is CCN(Cc1ccccc1)C(=O)COc1cccn2cc(C)nc12. The number of nitrogens with zero attached hydrogens (tertiary/aromatic N) is 3. The van der Waals surface area contributed by atoms with E-state index in [1.165, 1.54) is 0 Å². The molecule has 0 saturated carbocycles. The van der Waals surface area contributed by atoms with Gasteiger partial charge in [-0.25, -0.2) is 4.98 Å². The van der Waals surface area contributed by atoms with Gasteiger partial charge in [0.2, 0.25) is 0 Å². The number of imidazole rings is 1. The molecular formula is C19H21N3O2. The first-order valence-electron chi connectivity index (χ1n) is 8.06. The Morgan fingerprint density at radius 1 is 1.21 bits per heavy atom. The van der Waals surface area contributed by atoms with Gasteiger partial charge in [0.1, 0.15) is 0 Å². The highest BCUT2D eigenvalue weighted by molar-refractivity contribution is 5.78. The van der Waals surface area contributed by atoms with Crippen LogP contribution >= 0.6 is 0 Å². The molecule has 0 aliphatic heterocycles. The van der Waals surface area contributed by atoms with Crippen molar-refractivity contribution in [3.63, 3.8) is 0 Å². The third-order valence-corrected chi connectivity index (χ3v) is 3.87. The molecule has 1 aromatic carbocycles. The van der Waals surface area contributed by atoms with Gasteiger partial charge in [0, 0.05) is 25.5 Å². The lowest BCUT2D eigenvalue weighted by atomic mass is 10.2. The quantitative estimate of drug-likeness (QED) is 0.700. The molecule has 0 fully saturated rings. The van der Waals surface area contributed by atoms with Gasteiger partial charge in [-0.3, -0.25) is 4.79 Å². The maximum Gasteiger partial charge on any atom is 0.260 e. The van der Waals surface area contributed by atoms with Crippen molar-refractivity contribution in [1.82, 2.24) is 14.3 Å². The molecule has 0 saturated heterocycles. The van der Waals surface area contributed by atoms with Crippen LogP contribution in [0.3, 0.4) is 0 Å². The summed E-state index contributed by atoms with van der Waals surface area (Å²) >= 11 is 0. The van der Waals surface area contributed by atoms with Crippen LogP contribution in [0.1, 0.15) is 18.2 Å². The maximum atomic E-state index is 12.5. The van der Waals surface area contributed by atoms with Crippen molar-refractivity contribution in [2.24, 2.45) is 0 Å². The van der Waals surface area contributed by atoms with E-state index in [0.29, 0.717) is 18.8 Å². The summed E-state index contributed by atoms with van der Waals surface area (Å²) in [6, 6.07) is 13.7. The number of fused-ring (bicyclic) bond motifs is 1. The third kappa shape index (κ3) is 3.56. The molecule has 0 atom stereocenters. The second kappa shape index (κ2) is 7.17. The van der Waals surface area contributed by atoms with Gasteiger partial charge in [-0.2, -0.15) is 0 Å². The number of aryl methyl sites for hydroxylation is 1. The minimum Gasteiger partial charge on any atom is -0.480 e. The van der Waals surface area contributed by atoms with E-state index in [4.69, 9.17) is 4.74 Å². The Bertz CT molecular complexity index is 827. The number of amides is 1. The van der Waals surface area contributed by atoms with E-state index in [9.17, 15) is 4.79 Å². The summed E-state index contributed by atoms with van der Waals surface area (Å²) in [5.74, 6) is 0.585. The maximum absolute atomic E-state index is 12.5. The van der Waals surface area contributed by atoms with Crippen molar-refractivity contribution in [3.05, 3.63) is 66.1 Å². The standard InChI is InChI=1S/C19H21N3O2/c1-3-21(13-16-8-5-4-6-9-16)18(23)14-24-17-10-7-11-22-12-15(2)20-19(17)22/h4-12H,3,13-14H2,1-2H3. The molecule has 0 spiro atoms. The van der Waals surface area contributed by atoms with Crippen LogP contribution in [-0.2, 0) is 11.3 Å². The zero-order chi connectivity index (χ0) is 16.9. The highest BCUT2D eigenvalue weighted by atomic mass is 16.5. The Morgan fingerprint density at radius 2 is 2.00 bits per heavy atom. The van der Waals surface area contributed by atoms with Gasteiger partial charge in [-0.1, -0.05) is 30.3 Å². The van der Waals surface area contributed by atoms with Gasteiger partial charge in [-0.05, 0) is 31.5 Å². The molecule has 124 valence electrons. The van der Waals surface area contributed by atoms with Crippen molar-refractivity contribution >= 4 is 11.6 Å². The Labute approximate surface area is 141 Å². The fourth-order valence-corrected chi connectivity index (χ4v) is 2.63. The molecule has 0 radical (unpaired) electrons. The molecular weight excluding hydrogens is 302 g/mol. The Balaban J connectivity index is 1.67. The number of pyridine rings is 1. The normalized spacial score (nSPS) is 10.8. The summed E-state index contributed by atoms with van der Waals surface area (Å²) in [6.45, 7) is 5.14. The molecule has 24 heavy (non-hydrogen) atoms. The summed E-state index contributed by atoms with van der Waals surface area (Å²) < 4.78 is 7.64. The van der Waals surface area contributed by atoms with E-state index in [0.717, 1.165) is 16.9 Å². The van der Waals surface area contributed by atoms with Gasteiger partial charge >= 0.3 is 0 Å². The molecule has 5 nitrogen and oxygen atoms in total. The van der Waals surface area contributed by atoms with Crippen molar-refractivity contribution in [3.8, 4) is 5.75 Å². The fraction of sp³-hybridized carbons (Fsp3) is 0.263. The second-order valence-electron chi connectivity index (χ2n) is 5.67. The highest BCUT2D eigenvalue weighted by Gasteiger charge is 2.14. The van der Waals surface area contributed by atoms with Gasteiger partial charge in [0.25, 0.3) is 5.91 Å². The number of carbonyl (C=O) groups excluding carboxylic acids is 1. The monoisotopic (exact) mass is 323 g/mol. The highest BCUT2D eigenvalue weighted by Crippen LogP contribution is 2.19. The van der Waals surface area contributed by atoms with Gasteiger partial charge in [0.15, 0.2) is 18.0 Å². The molecule has 3 aromatic rings. The fourth-order valence-electron chi connectivity index (χ4n) is 2.63. The number of ether oxygens (including phenoxy) is 1. The molecule has 1 amide bonds. The molecule has 3 rings (SSSR count). The van der Waals surface area contributed by atoms with E-state index in [2.05, 4.69) is 4.98 Å². The average molecular weight is 323 g/mol. The van der Waals surface area contributed by atoms with Crippen molar-refractivity contribution in [2.45, 2.75) is 20.4 Å². The van der Waals surface area contributed by atoms with Gasteiger partial charge in [0.05, 0.1) is 5.69 Å². The van der Waals surface area contributed by atoms with Gasteiger partial charge < -0.3 is 14.0 Å². The minimum absolute atomic E-state index is 0.00620. The third-order valence-electron chi connectivity index (χ3n) is 3.87. The molecule has 0 aliphatic rings. The number of hydrogen-bond donors (Lipinski definition) is 0. The van der Waals surface area contributed by atoms with Crippen molar-refractivity contribution < 1.29 is 9.53 Å². The van der Waals surface area contributed by atoms with E-state index in [1.807, 2.05) is 73.1 Å². The number of benzene rings is 1. The van der Waals surface area contributed by atoms with Crippen LogP contribution in [0.5, 0.6) is 5.75 Å². The Hall–Kier alpha value is -2.82. The first-order chi connectivity index (χ1) is 11.7. The van der Waals surface area contributed by atoms with E-state index < -0.39 is 0 Å². The molecule has 2 heterocycles. The first kappa shape index (κ1) is 16.1. The van der Waals surface area contributed by atoms with E-state index in [1.54, 1.807) is 4.90 Å². The number of rotatable bonds is 6. The van der Waals surface area contributed by atoms with Gasteiger partial charge in [-0.15, -0.1) is 0 Å². The van der Waals surface area contributed by atoms with E-state index >= 15 is 0 Å². The summed E-state index contributed by atoms with van der Waals surface area (Å²) in [6.07, 6.45) is 3.84. The largest absolute Gasteiger partial charge is 0.480 e. The van der Waals surface area contributed by atoms with Crippen molar-refractivity contribution in [1.29, 1.82) is 0 Å². The lowest BCUT2D eigenvalue weighted by Gasteiger charge is -2.21. The van der Waals surface area contributed by atoms with Crippen LogP contribution in [0.15, 0.2) is 54.9 Å². The summed E-state index contributed by atoms with van der Waals surface area (Å²) in [5, 5.41) is 0. The molecule has 0 N–H and O–H groups in total. The van der Waals surface area contributed by atoms with E-state index in [-0.39, 0.29) is 12.5 Å². The van der Waals surface area contributed by atoms with Crippen LogP contribution in [0.2, 0.25) is 0 Å². The van der Waals surface area contributed by atoms with Crippen LogP contribution in [-0.4, -0.2) is 33.3 Å². The zero-order valence-corrected chi connectivity index (χ0v) is 14.0. The summed E-state index contributed by atoms with van der Waals surface area (Å²) in [5.41, 5.74) is 2.75. The number of aromatic nitrogens is 2. The second-order valence-corrected chi connectivity index (χ2v) is 5.67. The Morgan fingerprint density at radius 3 is 2.75 bits per heavy atom. The smallest absolute Gasteiger partial charge is 0.260 e. The number of carbonyl (C=O) groups is 1. The molecule has 5 heteroatoms. The first-order valence-corrected chi connectivity index (χ1v) is 8.06. The number of likely N-dealkylation sites (N-methyl/N-ethyl adjacent to an activating group) is 1. The topological polar surface area (TPSA) is 46.8 Å². The predicted molar refractivity (Wildman–Crippen MR) is 93.0 cm³/mol. The zero-order valence-electron chi connectivity index (χ0n) is 14.0. The lowest BCUT2D eigenvalue weighted by molar-refractivity contribution is -0.133. The lowest BCUT2D eigenvalue weighted by Crippen LogP contribution is -2.34. The summed E-state index contributed by atoms with van der Waals surface area (Å²) in [4.78, 5) is 18.7. The number of hydrogen-bond acceptors (Lipinski definition) is 3. The van der Waals surface area contributed by atoms with Crippen LogP contribution < -0.4 is 4.74 Å². The minimum atomic E-state index is -0.0355. The molecule has 2 aromatic heterocycles. The van der Waals surface area contributed by atoms with Crippen LogP contribution in [0, 0.1) is 6.92 Å². The van der Waals surface area contributed by atoms with Crippen LogP contribution in [0.25, 0.3) is 5.65 Å². The Kier molecular flexibility index (Phi) is 4.79.